The molecule has 1 aromatic carbocycles. The standard InChI is InChI=1S/C17H25N3O4/c1-5-17(2,3)19-15(23)12-6-8-13(9-7-12)18-16(24)20(4)11-10-14(21)22/h6-9H,5,10-11H2,1-4H3,(H,18,24)(H,19,23)(H,21,22). The Morgan fingerprint density at radius 2 is 1.75 bits per heavy atom. The molecule has 7 heteroatoms. The summed E-state index contributed by atoms with van der Waals surface area (Å²) >= 11 is 0. The third-order valence-corrected chi connectivity index (χ3v) is 3.74. The number of aliphatic carboxylic acids is 1. The van der Waals surface area contributed by atoms with Gasteiger partial charge in [-0.15, -0.1) is 0 Å². The molecule has 0 aliphatic rings. The van der Waals surface area contributed by atoms with Crippen LogP contribution in [-0.2, 0) is 4.79 Å². The summed E-state index contributed by atoms with van der Waals surface area (Å²) in [5.41, 5.74) is 0.763. The van der Waals surface area contributed by atoms with Gasteiger partial charge in [0.2, 0.25) is 0 Å². The van der Waals surface area contributed by atoms with Crippen LogP contribution in [0.4, 0.5) is 10.5 Å². The number of carbonyl (C=O) groups excluding carboxylic acids is 2. The molecule has 0 aliphatic carbocycles. The van der Waals surface area contributed by atoms with Crippen molar-refractivity contribution in [1.29, 1.82) is 0 Å². The molecule has 0 aliphatic heterocycles. The Morgan fingerprint density at radius 3 is 2.25 bits per heavy atom. The number of carboxylic acid groups (broad SMARTS) is 1. The van der Waals surface area contributed by atoms with Gasteiger partial charge in [0.1, 0.15) is 0 Å². The highest BCUT2D eigenvalue weighted by Gasteiger charge is 2.18. The molecule has 1 rings (SSSR count). The Morgan fingerprint density at radius 1 is 1.17 bits per heavy atom. The molecule has 0 saturated heterocycles. The Hall–Kier alpha value is -2.57. The quantitative estimate of drug-likeness (QED) is 0.713. The van der Waals surface area contributed by atoms with Gasteiger partial charge in [-0.05, 0) is 44.5 Å². The first-order valence-corrected chi connectivity index (χ1v) is 7.81. The van der Waals surface area contributed by atoms with E-state index in [2.05, 4.69) is 10.6 Å². The average Bonchev–Trinajstić information content (AvgIpc) is 2.52. The van der Waals surface area contributed by atoms with Crippen LogP contribution in [0.5, 0.6) is 0 Å². The lowest BCUT2D eigenvalue weighted by molar-refractivity contribution is -0.137. The number of amides is 3. The number of nitrogens with zero attached hydrogens (tertiary/aromatic N) is 1. The highest BCUT2D eigenvalue weighted by atomic mass is 16.4. The molecule has 132 valence electrons. The van der Waals surface area contributed by atoms with Crippen molar-refractivity contribution >= 4 is 23.6 Å². The van der Waals surface area contributed by atoms with Crippen LogP contribution in [0.15, 0.2) is 24.3 Å². The van der Waals surface area contributed by atoms with E-state index in [1.165, 1.54) is 11.9 Å². The summed E-state index contributed by atoms with van der Waals surface area (Å²) in [4.78, 5) is 35.9. The summed E-state index contributed by atoms with van der Waals surface area (Å²) in [5, 5.41) is 14.2. The second-order valence-electron chi connectivity index (χ2n) is 6.26. The molecule has 0 bridgehead atoms. The number of carboxylic acids is 1. The number of anilines is 1. The largest absolute Gasteiger partial charge is 0.481 e. The minimum Gasteiger partial charge on any atom is -0.481 e. The van der Waals surface area contributed by atoms with Gasteiger partial charge >= 0.3 is 12.0 Å². The van der Waals surface area contributed by atoms with Crippen molar-refractivity contribution in [2.45, 2.75) is 39.2 Å². The first-order chi connectivity index (χ1) is 11.1. The Bertz CT molecular complexity index is 596. The molecule has 0 spiro atoms. The number of nitrogens with one attached hydrogen (secondary N) is 2. The van der Waals surface area contributed by atoms with E-state index in [9.17, 15) is 14.4 Å². The average molecular weight is 335 g/mol. The maximum atomic E-state index is 12.1. The van der Waals surface area contributed by atoms with Crippen LogP contribution in [0, 0.1) is 0 Å². The topological polar surface area (TPSA) is 98.7 Å². The lowest BCUT2D eigenvalue weighted by Crippen LogP contribution is -2.42. The predicted molar refractivity (Wildman–Crippen MR) is 92.2 cm³/mol. The van der Waals surface area contributed by atoms with Crippen LogP contribution >= 0.6 is 0 Å². The van der Waals surface area contributed by atoms with Crippen LogP contribution < -0.4 is 10.6 Å². The SMILES string of the molecule is CCC(C)(C)NC(=O)c1ccc(NC(=O)N(C)CCC(=O)O)cc1. The highest BCUT2D eigenvalue weighted by molar-refractivity contribution is 5.96. The van der Waals surface area contributed by atoms with Crippen molar-refractivity contribution in [2.75, 3.05) is 18.9 Å². The van der Waals surface area contributed by atoms with E-state index in [4.69, 9.17) is 5.11 Å². The summed E-state index contributed by atoms with van der Waals surface area (Å²) in [5.74, 6) is -1.13. The summed E-state index contributed by atoms with van der Waals surface area (Å²) in [6.07, 6.45) is 0.700. The van der Waals surface area contributed by atoms with Crippen LogP contribution in [0.1, 0.15) is 44.0 Å². The Labute approximate surface area is 142 Å². The molecule has 0 atom stereocenters. The summed E-state index contributed by atoms with van der Waals surface area (Å²) in [6, 6.07) is 6.13. The fourth-order valence-electron chi connectivity index (χ4n) is 1.76. The van der Waals surface area contributed by atoms with E-state index in [-0.39, 0.29) is 24.4 Å². The zero-order chi connectivity index (χ0) is 18.3. The summed E-state index contributed by atoms with van der Waals surface area (Å²) in [7, 11) is 1.52. The zero-order valence-electron chi connectivity index (χ0n) is 14.5. The monoisotopic (exact) mass is 335 g/mol. The summed E-state index contributed by atoms with van der Waals surface area (Å²) in [6.45, 7) is 6.02. The summed E-state index contributed by atoms with van der Waals surface area (Å²) < 4.78 is 0. The third-order valence-electron chi connectivity index (χ3n) is 3.74. The second-order valence-corrected chi connectivity index (χ2v) is 6.26. The smallest absolute Gasteiger partial charge is 0.321 e. The molecule has 0 saturated carbocycles. The van der Waals surface area contributed by atoms with Crippen molar-refractivity contribution in [2.24, 2.45) is 0 Å². The molecule has 3 amide bonds. The Kier molecular flexibility index (Phi) is 6.76. The second kappa shape index (κ2) is 8.33. The van der Waals surface area contributed by atoms with Gasteiger partial charge in [-0.3, -0.25) is 9.59 Å². The van der Waals surface area contributed by atoms with E-state index in [1.807, 2.05) is 20.8 Å². The molecule has 1 aromatic rings. The normalized spacial score (nSPS) is 10.8. The van der Waals surface area contributed by atoms with Crippen LogP contribution in [0.25, 0.3) is 0 Å². The maximum Gasteiger partial charge on any atom is 0.321 e. The first-order valence-electron chi connectivity index (χ1n) is 7.81. The van der Waals surface area contributed by atoms with Crippen LogP contribution in [0.2, 0.25) is 0 Å². The van der Waals surface area contributed by atoms with E-state index >= 15 is 0 Å². The first kappa shape index (κ1) is 19.5. The van der Waals surface area contributed by atoms with Gasteiger partial charge in [0, 0.05) is 30.4 Å². The van der Waals surface area contributed by atoms with Gasteiger partial charge in [0.25, 0.3) is 5.91 Å². The van der Waals surface area contributed by atoms with Gasteiger partial charge in [-0.25, -0.2) is 4.79 Å². The molecule has 7 nitrogen and oxygen atoms in total. The lowest BCUT2D eigenvalue weighted by atomic mass is 10.0. The van der Waals surface area contributed by atoms with Crippen molar-refractivity contribution in [3.8, 4) is 0 Å². The van der Waals surface area contributed by atoms with Crippen molar-refractivity contribution in [1.82, 2.24) is 10.2 Å². The number of carbonyl (C=O) groups is 3. The minimum atomic E-state index is -0.958. The number of benzene rings is 1. The number of hydrogen-bond donors (Lipinski definition) is 3. The maximum absolute atomic E-state index is 12.1. The number of urea groups is 1. The molecular weight excluding hydrogens is 310 g/mol. The molecule has 0 heterocycles. The minimum absolute atomic E-state index is 0.115. The third kappa shape index (κ3) is 6.28. The van der Waals surface area contributed by atoms with Gasteiger partial charge in [0.05, 0.1) is 6.42 Å². The molecular formula is C17H25N3O4. The van der Waals surface area contributed by atoms with Crippen molar-refractivity contribution in [3.63, 3.8) is 0 Å². The molecule has 0 aromatic heterocycles. The van der Waals surface area contributed by atoms with Gasteiger partial charge in [0.15, 0.2) is 0 Å². The van der Waals surface area contributed by atoms with Crippen LogP contribution in [-0.4, -0.2) is 47.0 Å². The van der Waals surface area contributed by atoms with E-state index in [1.54, 1.807) is 24.3 Å². The molecule has 0 unspecified atom stereocenters. The lowest BCUT2D eigenvalue weighted by Gasteiger charge is -2.24. The van der Waals surface area contributed by atoms with Gasteiger partial charge < -0.3 is 20.6 Å². The number of hydrogen-bond acceptors (Lipinski definition) is 3. The fourth-order valence-corrected chi connectivity index (χ4v) is 1.76. The number of rotatable bonds is 7. The van der Waals surface area contributed by atoms with Crippen molar-refractivity contribution < 1.29 is 19.5 Å². The van der Waals surface area contributed by atoms with E-state index < -0.39 is 12.0 Å². The highest BCUT2D eigenvalue weighted by Crippen LogP contribution is 2.13. The van der Waals surface area contributed by atoms with Crippen LogP contribution in [0.3, 0.4) is 0 Å². The van der Waals surface area contributed by atoms with E-state index in [0.717, 1.165) is 6.42 Å². The van der Waals surface area contributed by atoms with Gasteiger partial charge in [-0.2, -0.15) is 0 Å². The molecule has 0 radical (unpaired) electrons. The molecule has 24 heavy (non-hydrogen) atoms. The fraction of sp³-hybridized carbons (Fsp3) is 0.471. The Balaban J connectivity index is 2.63. The molecule has 0 fully saturated rings. The molecule has 3 N–H and O–H groups in total. The van der Waals surface area contributed by atoms with Crippen molar-refractivity contribution in [3.05, 3.63) is 29.8 Å². The predicted octanol–water partition coefficient (Wildman–Crippen LogP) is 2.54. The van der Waals surface area contributed by atoms with E-state index in [0.29, 0.717) is 11.3 Å². The zero-order valence-corrected chi connectivity index (χ0v) is 14.5. The van der Waals surface area contributed by atoms with Gasteiger partial charge in [-0.1, -0.05) is 6.92 Å².